The Kier molecular flexibility index (Phi) is 11.4. The average Bonchev–Trinajstić information content (AvgIpc) is 3.74. The van der Waals surface area contributed by atoms with Gasteiger partial charge in [-0.05, 0) is 62.3 Å². The minimum absolute atomic E-state index is 0.0227. The van der Waals surface area contributed by atoms with E-state index in [4.69, 9.17) is 18.9 Å². The number of cyclic esters (lactones) is 2. The fourth-order valence-electron chi connectivity index (χ4n) is 6.12. The zero-order valence-electron chi connectivity index (χ0n) is 27.0. The molecule has 45 heavy (non-hydrogen) atoms. The lowest BCUT2D eigenvalue weighted by molar-refractivity contribution is -0.157. The summed E-state index contributed by atoms with van der Waals surface area (Å²) in [6, 6.07) is 1.87. The van der Waals surface area contributed by atoms with E-state index in [1.54, 1.807) is 31.5 Å². The number of rotatable bonds is 8. The molecule has 1 aromatic heterocycles. The number of epoxide rings is 1. The van der Waals surface area contributed by atoms with Crippen molar-refractivity contribution < 1.29 is 43.5 Å². The molecule has 246 valence electrons. The molecule has 4 rings (SSSR count). The summed E-state index contributed by atoms with van der Waals surface area (Å²) in [6.45, 7) is 10.8. The summed E-state index contributed by atoms with van der Waals surface area (Å²) in [5.41, 5.74) is 0.870. The monoisotopic (exact) mass is 625 g/mol. The molecule has 10 atom stereocenters. The third kappa shape index (κ3) is 9.34. The number of fused-ring (bicyclic) bond motifs is 1. The Bertz CT molecular complexity index is 1320. The smallest absolute Gasteiger partial charge is 0.340 e. The Morgan fingerprint density at radius 3 is 2.69 bits per heavy atom. The Morgan fingerprint density at radius 2 is 1.96 bits per heavy atom. The quantitative estimate of drug-likeness (QED) is 0.140. The van der Waals surface area contributed by atoms with Crippen LogP contribution in [0.1, 0.15) is 83.1 Å². The maximum Gasteiger partial charge on any atom is 0.340 e. The highest BCUT2D eigenvalue weighted by atomic mass is 16.6. The lowest BCUT2D eigenvalue weighted by Gasteiger charge is -2.32. The summed E-state index contributed by atoms with van der Waals surface area (Å²) in [4.78, 5) is 40.9. The highest BCUT2D eigenvalue weighted by Crippen LogP contribution is 2.39. The van der Waals surface area contributed by atoms with Gasteiger partial charge in [0.2, 0.25) is 0 Å². The first-order chi connectivity index (χ1) is 21.2. The number of pyridine rings is 1. The lowest BCUT2D eigenvalue weighted by Crippen LogP contribution is -2.42. The second-order valence-corrected chi connectivity index (χ2v) is 13.1. The van der Waals surface area contributed by atoms with Gasteiger partial charge < -0.3 is 29.2 Å². The third-order valence-corrected chi connectivity index (χ3v) is 9.01. The summed E-state index contributed by atoms with van der Waals surface area (Å²) >= 11 is 0. The van der Waals surface area contributed by atoms with Crippen molar-refractivity contribution in [2.24, 2.45) is 17.8 Å². The van der Waals surface area contributed by atoms with Crippen LogP contribution >= 0.6 is 0 Å². The van der Waals surface area contributed by atoms with E-state index in [1.807, 2.05) is 32.1 Å². The standard InChI is InChI=1S/C35H47NO9/c1-20(16-29-33(43-29)23(4)28-17-25-13-15-36-19-27(25)34(40)44-28)8-7-9-21(2)32-22(3)10-11-30(42-24(5)37)35(6,41)14-12-26(38)18-31(39)45-32/h7-11,13,15,19-20,22-23,26,28-30,32-33,38,41H,12,14,16-18H2,1-6H3/b8-7+,11-10+,21-9+. The Balaban J connectivity index is 1.36. The largest absolute Gasteiger partial charge is 0.458 e. The van der Waals surface area contributed by atoms with E-state index >= 15 is 0 Å². The number of hydrogen-bond donors (Lipinski definition) is 2. The maximum atomic E-state index is 12.7. The number of aliphatic hydroxyl groups is 2. The van der Waals surface area contributed by atoms with Crippen LogP contribution in [0.4, 0.5) is 0 Å². The molecule has 0 bridgehead atoms. The molecular weight excluding hydrogens is 578 g/mol. The Labute approximate surface area is 265 Å². The molecule has 3 aliphatic heterocycles. The van der Waals surface area contributed by atoms with Gasteiger partial charge in [-0.1, -0.05) is 45.1 Å². The predicted molar refractivity (Wildman–Crippen MR) is 166 cm³/mol. The number of carbonyl (C=O) groups is 3. The predicted octanol–water partition coefficient (Wildman–Crippen LogP) is 4.43. The molecule has 10 nitrogen and oxygen atoms in total. The highest BCUT2D eigenvalue weighted by Gasteiger charge is 2.47. The summed E-state index contributed by atoms with van der Waals surface area (Å²) in [5.74, 6) is -1.42. The first-order valence-electron chi connectivity index (χ1n) is 15.8. The van der Waals surface area contributed by atoms with Crippen molar-refractivity contribution >= 4 is 17.9 Å². The van der Waals surface area contributed by atoms with Crippen molar-refractivity contribution in [1.29, 1.82) is 0 Å². The molecule has 1 aromatic rings. The summed E-state index contributed by atoms with van der Waals surface area (Å²) in [5, 5.41) is 21.4. The van der Waals surface area contributed by atoms with E-state index in [0.29, 0.717) is 12.0 Å². The van der Waals surface area contributed by atoms with E-state index in [9.17, 15) is 24.6 Å². The number of nitrogens with zero attached hydrogens (tertiary/aromatic N) is 1. The van der Waals surface area contributed by atoms with Gasteiger partial charge in [-0.25, -0.2) is 4.79 Å². The van der Waals surface area contributed by atoms with Gasteiger partial charge in [-0.3, -0.25) is 14.6 Å². The number of ether oxygens (including phenoxy) is 4. The number of esters is 3. The molecule has 1 fully saturated rings. The zero-order chi connectivity index (χ0) is 32.9. The number of hydrogen-bond acceptors (Lipinski definition) is 10. The van der Waals surface area contributed by atoms with E-state index in [2.05, 4.69) is 24.9 Å². The molecule has 0 aliphatic carbocycles. The molecule has 10 heteroatoms. The van der Waals surface area contributed by atoms with Crippen LogP contribution in [-0.2, 0) is 35.0 Å². The molecule has 1 saturated heterocycles. The van der Waals surface area contributed by atoms with Crippen LogP contribution in [0.2, 0.25) is 0 Å². The van der Waals surface area contributed by atoms with E-state index in [-0.39, 0.29) is 61.3 Å². The molecule has 3 aliphatic rings. The molecule has 0 saturated carbocycles. The van der Waals surface area contributed by atoms with Crippen LogP contribution in [0.25, 0.3) is 0 Å². The van der Waals surface area contributed by atoms with Gasteiger partial charge in [-0.2, -0.15) is 0 Å². The van der Waals surface area contributed by atoms with Crippen LogP contribution in [0.3, 0.4) is 0 Å². The Morgan fingerprint density at radius 1 is 1.20 bits per heavy atom. The van der Waals surface area contributed by atoms with E-state index < -0.39 is 35.9 Å². The molecular formula is C35H47NO9. The van der Waals surface area contributed by atoms with Crippen molar-refractivity contribution in [1.82, 2.24) is 4.98 Å². The second-order valence-electron chi connectivity index (χ2n) is 13.1. The van der Waals surface area contributed by atoms with Gasteiger partial charge in [0.25, 0.3) is 0 Å². The molecule has 10 unspecified atom stereocenters. The number of carbonyl (C=O) groups excluding carboxylic acids is 3. The normalized spacial score (nSPS) is 34.8. The fraction of sp³-hybridized carbons (Fsp3) is 0.600. The van der Waals surface area contributed by atoms with Gasteiger partial charge in [0.15, 0.2) is 0 Å². The molecule has 0 spiro atoms. The molecule has 0 radical (unpaired) electrons. The number of aromatic nitrogens is 1. The lowest BCUT2D eigenvalue weighted by atomic mass is 9.88. The van der Waals surface area contributed by atoms with Crippen molar-refractivity contribution in [3.8, 4) is 0 Å². The first-order valence-corrected chi connectivity index (χ1v) is 15.8. The van der Waals surface area contributed by atoms with Crippen LogP contribution in [0, 0.1) is 17.8 Å². The van der Waals surface area contributed by atoms with Crippen molar-refractivity contribution in [3.05, 3.63) is 65.5 Å². The van der Waals surface area contributed by atoms with Gasteiger partial charge in [-0.15, -0.1) is 0 Å². The number of aliphatic hydroxyl groups excluding tert-OH is 1. The first kappa shape index (κ1) is 34.5. The topological polar surface area (TPSA) is 145 Å². The van der Waals surface area contributed by atoms with Crippen molar-refractivity contribution in [3.63, 3.8) is 0 Å². The highest BCUT2D eigenvalue weighted by molar-refractivity contribution is 5.91. The van der Waals surface area contributed by atoms with Gasteiger partial charge in [0.1, 0.15) is 23.9 Å². The van der Waals surface area contributed by atoms with Crippen LogP contribution in [0.15, 0.2) is 54.4 Å². The molecule has 0 amide bonds. The third-order valence-electron chi connectivity index (χ3n) is 9.01. The average molecular weight is 626 g/mol. The summed E-state index contributed by atoms with van der Waals surface area (Å²) in [7, 11) is 0. The zero-order valence-corrected chi connectivity index (χ0v) is 27.0. The molecule has 4 heterocycles. The number of allylic oxidation sites excluding steroid dienone is 3. The van der Waals surface area contributed by atoms with E-state index in [0.717, 1.165) is 17.6 Å². The fourth-order valence-corrected chi connectivity index (χ4v) is 6.12. The summed E-state index contributed by atoms with van der Waals surface area (Å²) < 4.78 is 22.9. The van der Waals surface area contributed by atoms with Gasteiger partial charge >= 0.3 is 17.9 Å². The van der Waals surface area contributed by atoms with Gasteiger partial charge in [0, 0.05) is 37.6 Å². The van der Waals surface area contributed by atoms with Crippen LogP contribution in [0.5, 0.6) is 0 Å². The van der Waals surface area contributed by atoms with Crippen LogP contribution < -0.4 is 0 Å². The van der Waals surface area contributed by atoms with Crippen molar-refractivity contribution in [2.45, 2.75) is 116 Å². The molecule has 0 aromatic carbocycles. The summed E-state index contributed by atoms with van der Waals surface area (Å²) in [6.07, 6.45) is 11.4. The van der Waals surface area contributed by atoms with E-state index in [1.165, 1.54) is 6.92 Å². The maximum absolute atomic E-state index is 12.7. The SMILES string of the molecule is CC(=O)OC1/C=C/C(C)C(/C(C)=C/C=C/C(C)CC2OC2C(C)C2Cc3ccncc3C(=O)O2)OC(=O)CC(O)CCC1(C)O. The minimum Gasteiger partial charge on any atom is -0.458 e. The Hall–Kier alpha value is -3.34. The minimum atomic E-state index is -1.42. The van der Waals surface area contributed by atoms with Crippen molar-refractivity contribution in [2.75, 3.05) is 0 Å². The second kappa shape index (κ2) is 14.8. The van der Waals surface area contributed by atoms with Gasteiger partial charge in [0.05, 0.1) is 30.3 Å². The van der Waals surface area contributed by atoms with Crippen LogP contribution in [-0.4, -0.2) is 75.3 Å². The molecule has 2 N–H and O–H groups in total.